The fraction of sp³-hybridized carbons (Fsp3) is 0.556. The first-order valence-corrected chi connectivity index (χ1v) is 14.1. The molecule has 0 atom stereocenters. The first kappa shape index (κ1) is 25.3. The van der Waals surface area contributed by atoms with E-state index >= 15 is 0 Å². The Kier molecular flexibility index (Phi) is 7.42. The summed E-state index contributed by atoms with van der Waals surface area (Å²) in [4.78, 5) is 51.5. The van der Waals surface area contributed by atoms with E-state index < -0.39 is 0 Å². The topological polar surface area (TPSA) is 116 Å². The normalized spacial score (nSPS) is 18.2. The van der Waals surface area contributed by atoms with Crippen LogP contribution in [0.5, 0.6) is 0 Å². The molecule has 2 amide bonds. The number of nitrogens with zero attached hydrogens (tertiary/aromatic N) is 9. The molecule has 0 aliphatic carbocycles. The minimum atomic E-state index is 0.222. The zero-order valence-electron chi connectivity index (χ0n) is 22.3. The number of imidazole rings is 1. The summed E-state index contributed by atoms with van der Waals surface area (Å²) in [5.41, 5.74) is 1.51. The number of piperazine rings is 1. The summed E-state index contributed by atoms with van der Waals surface area (Å²) in [7, 11) is 0. The maximum absolute atomic E-state index is 12.1. The van der Waals surface area contributed by atoms with E-state index in [1.54, 1.807) is 6.33 Å². The number of carbonyl (C=O) groups is 2. The van der Waals surface area contributed by atoms with Gasteiger partial charge in [0.2, 0.25) is 17.8 Å². The molecule has 3 saturated heterocycles. The van der Waals surface area contributed by atoms with Crippen LogP contribution in [0.1, 0.15) is 32.1 Å². The molecule has 12 heteroatoms. The van der Waals surface area contributed by atoms with Crippen LogP contribution in [0, 0.1) is 0 Å². The van der Waals surface area contributed by atoms with Crippen molar-refractivity contribution in [3.8, 4) is 0 Å². The smallest absolute Gasteiger partial charge is 0.229 e. The van der Waals surface area contributed by atoms with Gasteiger partial charge in [0.25, 0.3) is 0 Å². The zero-order valence-corrected chi connectivity index (χ0v) is 22.3. The van der Waals surface area contributed by atoms with Crippen molar-refractivity contribution in [3.05, 3.63) is 30.7 Å². The third-order valence-corrected chi connectivity index (χ3v) is 7.84. The van der Waals surface area contributed by atoms with E-state index in [2.05, 4.69) is 25.1 Å². The molecule has 3 fully saturated rings. The van der Waals surface area contributed by atoms with E-state index in [0.29, 0.717) is 44.2 Å². The van der Waals surface area contributed by atoms with Crippen molar-refractivity contribution in [1.82, 2.24) is 34.3 Å². The highest BCUT2D eigenvalue weighted by Crippen LogP contribution is 2.25. The minimum Gasteiger partial charge on any atom is -0.368 e. The lowest BCUT2D eigenvalue weighted by atomic mass is 10.3. The van der Waals surface area contributed by atoms with Gasteiger partial charge in [-0.15, -0.1) is 0 Å². The van der Waals surface area contributed by atoms with Crippen molar-refractivity contribution in [2.45, 2.75) is 38.6 Å². The van der Waals surface area contributed by atoms with E-state index in [9.17, 15) is 9.59 Å². The van der Waals surface area contributed by atoms with Crippen LogP contribution in [0.2, 0.25) is 0 Å². The summed E-state index contributed by atoms with van der Waals surface area (Å²) in [5, 5.41) is 3.48. The van der Waals surface area contributed by atoms with Crippen LogP contribution in [0.25, 0.3) is 11.2 Å². The molecular formula is C27H36N10O2. The number of aromatic nitrogens is 5. The number of rotatable bonds is 10. The number of hydrogen-bond donors (Lipinski definition) is 1. The highest BCUT2D eigenvalue weighted by atomic mass is 16.2. The molecule has 3 aromatic heterocycles. The number of pyridine rings is 1. The van der Waals surface area contributed by atoms with E-state index in [0.717, 1.165) is 82.1 Å². The van der Waals surface area contributed by atoms with Crippen LogP contribution in [-0.2, 0) is 16.1 Å². The molecule has 0 saturated carbocycles. The number of fused-ring (bicyclic) bond motifs is 1. The standard InChI is InChI=1S/C27H36N10O2/c38-22-7-3-11-34(22)13-5-10-29-25-24-26(37(20-30-24)19-16-35-12-4-8-23(35)39)32-27(31-25)36-17-14-33(15-18-36)21-6-1-2-9-28-21/h1-2,6,9,20H,3-5,7-8,10-19H2,(H,29,31,32). The maximum Gasteiger partial charge on any atom is 0.229 e. The third-order valence-electron chi connectivity index (χ3n) is 7.84. The summed E-state index contributed by atoms with van der Waals surface area (Å²) in [6.45, 7) is 7.65. The van der Waals surface area contributed by atoms with Gasteiger partial charge in [-0.05, 0) is 31.4 Å². The van der Waals surface area contributed by atoms with E-state index in [1.807, 2.05) is 38.8 Å². The lowest BCUT2D eigenvalue weighted by Crippen LogP contribution is -2.47. The number of amides is 2. The van der Waals surface area contributed by atoms with Gasteiger partial charge in [0.05, 0.1) is 6.33 Å². The van der Waals surface area contributed by atoms with Crippen LogP contribution in [0.4, 0.5) is 17.6 Å². The Balaban J connectivity index is 1.18. The molecule has 0 spiro atoms. The highest BCUT2D eigenvalue weighted by Gasteiger charge is 2.24. The molecule has 1 N–H and O–H groups in total. The zero-order chi connectivity index (χ0) is 26.6. The highest BCUT2D eigenvalue weighted by molar-refractivity contribution is 5.84. The first-order valence-electron chi connectivity index (χ1n) is 14.1. The fourth-order valence-corrected chi connectivity index (χ4v) is 5.62. The van der Waals surface area contributed by atoms with Gasteiger partial charge < -0.3 is 29.5 Å². The summed E-state index contributed by atoms with van der Waals surface area (Å²) in [6, 6.07) is 5.99. The number of anilines is 3. The second kappa shape index (κ2) is 11.4. The molecule has 12 nitrogen and oxygen atoms in total. The Morgan fingerprint density at radius 1 is 0.795 bits per heavy atom. The lowest BCUT2D eigenvalue weighted by Gasteiger charge is -2.35. The van der Waals surface area contributed by atoms with E-state index in [-0.39, 0.29) is 11.8 Å². The Morgan fingerprint density at radius 2 is 1.54 bits per heavy atom. The molecule has 0 radical (unpaired) electrons. The molecule has 6 rings (SSSR count). The summed E-state index contributed by atoms with van der Waals surface area (Å²) < 4.78 is 2.03. The van der Waals surface area contributed by atoms with Crippen LogP contribution in [0.15, 0.2) is 30.7 Å². The van der Waals surface area contributed by atoms with Crippen molar-refractivity contribution in [2.75, 3.05) is 74.0 Å². The molecule has 3 aliphatic heterocycles. The summed E-state index contributed by atoms with van der Waals surface area (Å²) in [5.74, 6) is 2.85. The molecule has 39 heavy (non-hydrogen) atoms. The SMILES string of the molecule is O=C1CCCN1CCCNc1nc(N2CCN(c3ccccn3)CC2)nc2c1ncn2CCN1CCCC1=O. The predicted molar refractivity (Wildman–Crippen MR) is 149 cm³/mol. The average molecular weight is 533 g/mol. The first-order chi connectivity index (χ1) is 19.2. The number of hydrogen-bond acceptors (Lipinski definition) is 9. The monoisotopic (exact) mass is 532 g/mol. The van der Waals surface area contributed by atoms with Gasteiger partial charge in [-0.25, -0.2) is 9.97 Å². The molecular weight excluding hydrogens is 496 g/mol. The predicted octanol–water partition coefficient (Wildman–Crippen LogP) is 1.59. The number of nitrogens with one attached hydrogen (secondary N) is 1. The molecule has 0 bridgehead atoms. The fourth-order valence-electron chi connectivity index (χ4n) is 5.62. The summed E-state index contributed by atoms with van der Waals surface area (Å²) in [6.07, 6.45) is 7.65. The van der Waals surface area contributed by atoms with Gasteiger partial charge in [0.15, 0.2) is 17.0 Å². The third kappa shape index (κ3) is 5.59. The Morgan fingerprint density at radius 3 is 2.23 bits per heavy atom. The molecule has 206 valence electrons. The largest absolute Gasteiger partial charge is 0.368 e. The van der Waals surface area contributed by atoms with Crippen LogP contribution >= 0.6 is 0 Å². The minimum absolute atomic E-state index is 0.222. The van der Waals surface area contributed by atoms with Crippen molar-refractivity contribution in [3.63, 3.8) is 0 Å². The Hall–Kier alpha value is -3.96. The second-order valence-corrected chi connectivity index (χ2v) is 10.4. The van der Waals surface area contributed by atoms with Crippen LogP contribution in [0.3, 0.4) is 0 Å². The van der Waals surface area contributed by atoms with E-state index in [1.165, 1.54) is 0 Å². The van der Waals surface area contributed by atoms with Gasteiger partial charge in [0, 0.05) is 84.5 Å². The summed E-state index contributed by atoms with van der Waals surface area (Å²) >= 11 is 0. The van der Waals surface area contributed by atoms with Crippen molar-refractivity contribution in [2.24, 2.45) is 0 Å². The molecule has 3 aromatic rings. The Labute approximate surface area is 228 Å². The molecule has 6 heterocycles. The van der Waals surface area contributed by atoms with Gasteiger partial charge in [-0.3, -0.25) is 9.59 Å². The van der Waals surface area contributed by atoms with Gasteiger partial charge in [-0.2, -0.15) is 9.97 Å². The molecule has 0 unspecified atom stereocenters. The Bertz CT molecular complexity index is 1300. The molecule has 0 aromatic carbocycles. The van der Waals surface area contributed by atoms with Gasteiger partial charge in [0.1, 0.15) is 5.82 Å². The quantitative estimate of drug-likeness (QED) is 0.389. The lowest BCUT2D eigenvalue weighted by molar-refractivity contribution is -0.128. The number of carbonyl (C=O) groups excluding carboxylic acids is 2. The van der Waals surface area contributed by atoms with Crippen molar-refractivity contribution in [1.29, 1.82) is 0 Å². The van der Waals surface area contributed by atoms with Crippen molar-refractivity contribution >= 4 is 40.6 Å². The molecule has 3 aliphatic rings. The van der Waals surface area contributed by atoms with Gasteiger partial charge in [-0.1, -0.05) is 6.07 Å². The van der Waals surface area contributed by atoms with Crippen LogP contribution < -0.4 is 15.1 Å². The maximum atomic E-state index is 12.1. The van der Waals surface area contributed by atoms with E-state index in [4.69, 9.17) is 9.97 Å². The second-order valence-electron chi connectivity index (χ2n) is 10.4. The van der Waals surface area contributed by atoms with Crippen LogP contribution in [-0.4, -0.2) is 105 Å². The average Bonchev–Trinajstić information content (AvgIpc) is 3.70. The number of likely N-dealkylation sites (tertiary alicyclic amines) is 2. The van der Waals surface area contributed by atoms with Gasteiger partial charge >= 0.3 is 0 Å². The van der Waals surface area contributed by atoms with Crippen molar-refractivity contribution < 1.29 is 9.59 Å².